The zero-order valence-electron chi connectivity index (χ0n) is 12.0. The lowest BCUT2D eigenvalue weighted by atomic mass is 9.70. The van der Waals surface area contributed by atoms with E-state index in [9.17, 15) is 0 Å². The summed E-state index contributed by atoms with van der Waals surface area (Å²) in [5, 5.41) is 0. The number of rotatable bonds is 1. The van der Waals surface area contributed by atoms with Gasteiger partial charge in [0.1, 0.15) is 0 Å². The highest BCUT2D eigenvalue weighted by Crippen LogP contribution is 2.47. The SMILES string of the molecule is CCN1C(C)CC2(C=Cc3ccc(Br)cc32)CC1C. The van der Waals surface area contributed by atoms with Gasteiger partial charge in [-0.05, 0) is 56.5 Å². The Bertz CT molecular complexity index is 508. The predicted molar refractivity (Wildman–Crippen MR) is 85.4 cm³/mol. The van der Waals surface area contributed by atoms with Crippen LogP contribution in [0, 0.1) is 0 Å². The Balaban J connectivity index is 2.00. The summed E-state index contributed by atoms with van der Waals surface area (Å²) >= 11 is 3.63. The smallest absolute Gasteiger partial charge is 0.0178 e. The van der Waals surface area contributed by atoms with Crippen molar-refractivity contribution in [1.82, 2.24) is 4.90 Å². The zero-order chi connectivity index (χ0) is 13.6. The number of likely N-dealkylation sites (tertiary alicyclic amines) is 1. The molecule has 0 N–H and O–H groups in total. The fourth-order valence-corrected chi connectivity index (χ4v) is 4.59. The maximum atomic E-state index is 3.63. The third-order valence-electron chi connectivity index (χ3n) is 4.95. The predicted octanol–water partition coefficient (Wildman–Crippen LogP) is 4.61. The molecule has 102 valence electrons. The van der Waals surface area contributed by atoms with Gasteiger partial charge in [0.05, 0.1) is 0 Å². The Morgan fingerprint density at radius 1 is 1.26 bits per heavy atom. The number of fused-ring (bicyclic) bond motifs is 2. The van der Waals surface area contributed by atoms with E-state index in [1.807, 2.05) is 0 Å². The van der Waals surface area contributed by atoms with Crippen LogP contribution in [0.3, 0.4) is 0 Å². The fraction of sp³-hybridized carbons (Fsp3) is 0.529. The second-order valence-corrected chi connectivity index (χ2v) is 7.07. The first-order valence-corrected chi connectivity index (χ1v) is 8.10. The minimum Gasteiger partial charge on any atom is -0.298 e. The topological polar surface area (TPSA) is 3.24 Å². The summed E-state index contributed by atoms with van der Waals surface area (Å²) in [5.74, 6) is 0. The summed E-state index contributed by atoms with van der Waals surface area (Å²) in [4.78, 5) is 2.63. The van der Waals surface area contributed by atoms with Crippen molar-refractivity contribution in [2.45, 2.75) is 51.1 Å². The van der Waals surface area contributed by atoms with Crippen LogP contribution in [0.25, 0.3) is 6.08 Å². The molecule has 3 rings (SSSR count). The molecule has 1 aromatic rings. The standard InChI is InChI=1S/C17H22BrN/c1-4-19-12(2)10-17(11-13(19)3)8-7-14-5-6-15(18)9-16(14)17/h5-9,12-13H,4,10-11H2,1-3H3. The van der Waals surface area contributed by atoms with Crippen LogP contribution in [0.15, 0.2) is 28.7 Å². The van der Waals surface area contributed by atoms with Gasteiger partial charge in [-0.2, -0.15) is 0 Å². The van der Waals surface area contributed by atoms with Crippen LogP contribution >= 0.6 is 15.9 Å². The van der Waals surface area contributed by atoms with E-state index in [4.69, 9.17) is 0 Å². The summed E-state index contributed by atoms with van der Waals surface area (Å²) in [6.07, 6.45) is 7.27. The van der Waals surface area contributed by atoms with Gasteiger partial charge in [0.25, 0.3) is 0 Å². The lowest BCUT2D eigenvalue weighted by molar-refractivity contribution is 0.0756. The first kappa shape index (κ1) is 13.4. The van der Waals surface area contributed by atoms with Gasteiger partial charge in [-0.3, -0.25) is 4.90 Å². The van der Waals surface area contributed by atoms with Crippen LogP contribution < -0.4 is 0 Å². The van der Waals surface area contributed by atoms with Crippen molar-refractivity contribution in [1.29, 1.82) is 0 Å². The number of benzene rings is 1. The van der Waals surface area contributed by atoms with Gasteiger partial charge in [0, 0.05) is 22.0 Å². The minimum atomic E-state index is 0.267. The molecular weight excluding hydrogens is 298 g/mol. The number of allylic oxidation sites excluding steroid dienone is 1. The van der Waals surface area contributed by atoms with E-state index >= 15 is 0 Å². The molecule has 0 saturated carbocycles. The van der Waals surface area contributed by atoms with Crippen LogP contribution in [-0.4, -0.2) is 23.5 Å². The average Bonchev–Trinajstić information content (AvgIpc) is 2.67. The summed E-state index contributed by atoms with van der Waals surface area (Å²) in [5.41, 5.74) is 3.20. The highest BCUT2D eigenvalue weighted by atomic mass is 79.9. The molecule has 0 bridgehead atoms. The number of hydrogen-bond acceptors (Lipinski definition) is 1. The Morgan fingerprint density at radius 2 is 1.95 bits per heavy atom. The van der Waals surface area contributed by atoms with Gasteiger partial charge in [0.2, 0.25) is 0 Å². The van der Waals surface area contributed by atoms with Gasteiger partial charge >= 0.3 is 0 Å². The maximum Gasteiger partial charge on any atom is 0.0178 e. The van der Waals surface area contributed by atoms with Gasteiger partial charge in [0.15, 0.2) is 0 Å². The van der Waals surface area contributed by atoms with E-state index in [1.54, 1.807) is 0 Å². The first-order chi connectivity index (χ1) is 9.05. The quantitative estimate of drug-likeness (QED) is 0.730. The van der Waals surface area contributed by atoms with E-state index in [1.165, 1.54) is 28.4 Å². The van der Waals surface area contributed by atoms with Crippen LogP contribution in [0.1, 0.15) is 44.7 Å². The van der Waals surface area contributed by atoms with E-state index in [0.717, 1.165) is 6.54 Å². The summed E-state index contributed by atoms with van der Waals surface area (Å²) in [7, 11) is 0. The lowest BCUT2D eigenvalue weighted by Crippen LogP contribution is -2.51. The Labute approximate surface area is 124 Å². The van der Waals surface area contributed by atoms with E-state index in [2.05, 4.69) is 72.0 Å². The highest BCUT2D eigenvalue weighted by molar-refractivity contribution is 9.10. The number of halogens is 1. The molecule has 2 heteroatoms. The van der Waals surface area contributed by atoms with E-state index in [-0.39, 0.29) is 5.41 Å². The fourth-order valence-electron chi connectivity index (χ4n) is 4.23. The molecule has 1 saturated heterocycles. The molecule has 0 radical (unpaired) electrons. The monoisotopic (exact) mass is 319 g/mol. The van der Waals surface area contributed by atoms with Gasteiger partial charge in [-0.25, -0.2) is 0 Å². The first-order valence-electron chi connectivity index (χ1n) is 7.31. The molecule has 19 heavy (non-hydrogen) atoms. The van der Waals surface area contributed by atoms with Crippen molar-refractivity contribution in [2.75, 3.05) is 6.54 Å². The molecule has 1 nitrogen and oxygen atoms in total. The number of nitrogens with zero attached hydrogens (tertiary/aromatic N) is 1. The largest absolute Gasteiger partial charge is 0.298 e. The summed E-state index contributed by atoms with van der Waals surface area (Å²) < 4.78 is 1.20. The maximum absolute atomic E-state index is 3.63. The second kappa shape index (κ2) is 4.75. The van der Waals surface area contributed by atoms with Crippen molar-refractivity contribution in [3.05, 3.63) is 39.9 Å². The van der Waals surface area contributed by atoms with Gasteiger partial charge in [-0.15, -0.1) is 0 Å². The minimum absolute atomic E-state index is 0.267. The molecule has 0 aromatic heterocycles. The molecule has 1 fully saturated rings. The molecule has 1 aliphatic heterocycles. The number of piperidine rings is 1. The molecule has 2 aliphatic rings. The number of hydrogen-bond donors (Lipinski definition) is 0. The van der Waals surface area contributed by atoms with Crippen molar-refractivity contribution in [3.8, 4) is 0 Å². The second-order valence-electron chi connectivity index (χ2n) is 6.16. The lowest BCUT2D eigenvalue weighted by Gasteiger charge is -2.47. The van der Waals surface area contributed by atoms with Crippen molar-refractivity contribution in [2.24, 2.45) is 0 Å². The highest BCUT2D eigenvalue weighted by Gasteiger charge is 2.43. The third-order valence-corrected chi connectivity index (χ3v) is 5.44. The molecule has 2 atom stereocenters. The summed E-state index contributed by atoms with van der Waals surface area (Å²) in [6, 6.07) is 8.03. The zero-order valence-corrected chi connectivity index (χ0v) is 13.6. The normalized spacial score (nSPS) is 33.9. The molecule has 2 unspecified atom stereocenters. The van der Waals surface area contributed by atoms with Gasteiger partial charge < -0.3 is 0 Å². The molecular formula is C17H22BrN. The molecule has 1 heterocycles. The van der Waals surface area contributed by atoms with E-state index < -0.39 is 0 Å². The Morgan fingerprint density at radius 3 is 2.58 bits per heavy atom. The van der Waals surface area contributed by atoms with Crippen LogP contribution in [0.4, 0.5) is 0 Å². The summed E-state index contributed by atoms with van der Waals surface area (Å²) in [6.45, 7) is 8.20. The average molecular weight is 320 g/mol. The van der Waals surface area contributed by atoms with Gasteiger partial charge in [-0.1, -0.05) is 41.1 Å². The van der Waals surface area contributed by atoms with Crippen molar-refractivity contribution in [3.63, 3.8) is 0 Å². The third kappa shape index (κ3) is 2.09. The molecule has 1 aliphatic carbocycles. The van der Waals surface area contributed by atoms with Crippen LogP contribution in [0.2, 0.25) is 0 Å². The Kier molecular flexibility index (Phi) is 3.34. The Hall–Kier alpha value is -0.600. The molecule has 1 spiro atoms. The molecule has 0 amide bonds. The van der Waals surface area contributed by atoms with Crippen molar-refractivity contribution < 1.29 is 0 Å². The van der Waals surface area contributed by atoms with E-state index in [0.29, 0.717) is 12.1 Å². The molecule has 1 aromatic carbocycles. The van der Waals surface area contributed by atoms with Crippen LogP contribution in [0.5, 0.6) is 0 Å². The van der Waals surface area contributed by atoms with Crippen LogP contribution in [-0.2, 0) is 5.41 Å². The van der Waals surface area contributed by atoms with Crippen molar-refractivity contribution >= 4 is 22.0 Å².